The number of nitrogens with one attached hydrogen (secondary N) is 1. The molecule has 0 aliphatic heterocycles. The van der Waals surface area contributed by atoms with E-state index < -0.39 is 15.8 Å². The summed E-state index contributed by atoms with van der Waals surface area (Å²) in [6.07, 6.45) is 2.20. The highest BCUT2D eigenvalue weighted by molar-refractivity contribution is 8.01. The number of hydrazone groups is 1. The highest BCUT2D eigenvalue weighted by atomic mass is 32.2. The lowest BCUT2D eigenvalue weighted by Gasteiger charge is -2.05. The van der Waals surface area contributed by atoms with E-state index in [0.717, 1.165) is 23.7 Å². The largest absolute Gasteiger partial charge is 0.484 e. The Balaban J connectivity index is 1.39. The highest BCUT2D eigenvalue weighted by Crippen LogP contribution is 2.39. The number of aromatic nitrogens is 1. The molecule has 13 heteroatoms. The molecule has 4 aromatic rings. The summed E-state index contributed by atoms with van der Waals surface area (Å²) in [6, 6.07) is 16.3. The van der Waals surface area contributed by atoms with Crippen LogP contribution in [0.2, 0.25) is 0 Å². The number of aryl methyl sites for hydroxylation is 1. The van der Waals surface area contributed by atoms with Gasteiger partial charge in [-0.05, 0) is 36.2 Å². The molecule has 1 heterocycles. The van der Waals surface area contributed by atoms with Crippen molar-refractivity contribution < 1.29 is 19.4 Å². The zero-order chi connectivity index (χ0) is 26.4. The second-order valence-corrected chi connectivity index (χ2v) is 9.87. The molecule has 4 rings (SSSR count). The Morgan fingerprint density at radius 3 is 2.59 bits per heavy atom. The van der Waals surface area contributed by atoms with Crippen LogP contribution in [0.5, 0.6) is 5.75 Å². The number of benzene rings is 3. The lowest BCUT2D eigenvalue weighted by Crippen LogP contribution is -2.24. The van der Waals surface area contributed by atoms with Gasteiger partial charge in [0.15, 0.2) is 10.9 Å². The molecule has 0 saturated heterocycles. The van der Waals surface area contributed by atoms with Gasteiger partial charge >= 0.3 is 0 Å². The maximum atomic E-state index is 12.0. The molecule has 11 nitrogen and oxygen atoms in total. The van der Waals surface area contributed by atoms with Gasteiger partial charge in [0, 0.05) is 23.8 Å². The first-order valence-electron chi connectivity index (χ1n) is 10.9. The number of amides is 1. The predicted molar refractivity (Wildman–Crippen MR) is 141 cm³/mol. The Hall–Kier alpha value is -4.36. The van der Waals surface area contributed by atoms with Crippen molar-refractivity contribution in [1.82, 2.24) is 10.4 Å². The number of thiazole rings is 1. The summed E-state index contributed by atoms with van der Waals surface area (Å²) in [5.41, 5.74) is 4.26. The number of hydrogen-bond donors (Lipinski definition) is 1. The summed E-state index contributed by atoms with van der Waals surface area (Å²) in [6.45, 7) is 1.81. The molecule has 1 aromatic heterocycles. The molecule has 1 amide bonds. The molecule has 0 bridgehead atoms. The van der Waals surface area contributed by atoms with Crippen LogP contribution in [-0.2, 0) is 11.2 Å². The fraction of sp³-hybridized carbons (Fsp3) is 0.125. The van der Waals surface area contributed by atoms with E-state index in [2.05, 4.69) is 15.5 Å². The predicted octanol–water partition coefficient (Wildman–Crippen LogP) is 5.36. The van der Waals surface area contributed by atoms with Gasteiger partial charge in [-0.15, -0.1) is 11.3 Å². The fourth-order valence-corrected chi connectivity index (χ4v) is 5.31. The van der Waals surface area contributed by atoms with Crippen molar-refractivity contribution >= 4 is 56.8 Å². The molecule has 0 aliphatic rings. The van der Waals surface area contributed by atoms with E-state index in [1.54, 1.807) is 30.3 Å². The molecule has 0 aliphatic carbocycles. The average Bonchev–Trinajstić information content (AvgIpc) is 3.30. The zero-order valence-electron chi connectivity index (χ0n) is 19.3. The van der Waals surface area contributed by atoms with E-state index in [9.17, 15) is 25.0 Å². The number of nitro benzene ring substituents is 2. The Kier molecular flexibility index (Phi) is 8.05. The third kappa shape index (κ3) is 6.65. The van der Waals surface area contributed by atoms with Crippen molar-refractivity contribution in [3.8, 4) is 5.75 Å². The summed E-state index contributed by atoms with van der Waals surface area (Å²) < 4.78 is 6.54. The first-order valence-corrected chi connectivity index (χ1v) is 12.5. The van der Waals surface area contributed by atoms with Crippen molar-refractivity contribution in [3.05, 3.63) is 92.0 Å². The molecule has 37 heavy (non-hydrogen) atoms. The molecule has 0 saturated carbocycles. The summed E-state index contributed by atoms with van der Waals surface area (Å²) in [4.78, 5) is 38.4. The maximum Gasteiger partial charge on any atom is 0.283 e. The molecule has 3 aromatic carbocycles. The molecular weight excluding hydrogens is 518 g/mol. The number of carbonyl (C=O) groups excluding carboxylic acids is 1. The molecule has 188 valence electrons. The number of rotatable bonds is 10. The van der Waals surface area contributed by atoms with E-state index in [1.165, 1.54) is 35.8 Å². The molecule has 0 spiro atoms. The van der Waals surface area contributed by atoms with Gasteiger partial charge in [0.1, 0.15) is 5.75 Å². The first kappa shape index (κ1) is 25.7. The van der Waals surface area contributed by atoms with Gasteiger partial charge in [0.05, 0.1) is 31.2 Å². The Morgan fingerprint density at radius 1 is 1.11 bits per heavy atom. The van der Waals surface area contributed by atoms with Crippen LogP contribution in [-0.4, -0.2) is 33.6 Å². The topological polar surface area (TPSA) is 150 Å². The number of fused-ring (bicyclic) bond motifs is 1. The summed E-state index contributed by atoms with van der Waals surface area (Å²) in [5.74, 6) is 0.0833. The van der Waals surface area contributed by atoms with Crippen molar-refractivity contribution in [3.63, 3.8) is 0 Å². The second kappa shape index (κ2) is 11.6. The lowest BCUT2D eigenvalue weighted by atomic mass is 10.2. The first-order chi connectivity index (χ1) is 17.8. The third-order valence-electron chi connectivity index (χ3n) is 5.04. The van der Waals surface area contributed by atoms with Crippen LogP contribution >= 0.6 is 23.1 Å². The van der Waals surface area contributed by atoms with Gasteiger partial charge in [0.25, 0.3) is 17.3 Å². The van der Waals surface area contributed by atoms with Gasteiger partial charge in [0.2, 0.25) is 0 Å². The van der Waals surface area contributed by atoms with Gasteiger partial charge in [-0.2, -0.15) is 5.10 Å². The van der Waals surface area contributed by atoms with Crippen molar-refractivity contribution in [2.75, 3.05) is 6.61 Å². The number of nitrogens with zero attached hydrogens (tertiary/aromatic N) is 4. The highest BCUT2D eigenvalue weighted by Gasteiger charge is 2.18. The Morgan fingerprint density at radius 2 is 1.89 bits per heavy atom. The Labute approximate surface area is 218 Å². The summed E-state index contributed by atoms with van der Waals surface area (Å²) in [7, 11) is 0. The van der Waals surface area contributed by atoms with E-state index in [4.69, 9.17) is 4.74 Å². The number of ether oxygens (including phenoxy) is 1. The molecular formula is C24H19N5O6S2. The molecule has 0 fully saturated rings. The Bertz CT molecular complexity index is 1500. The molecule has 0 radical (unpaired) electrons. The van der Waals surface area contributed by atoms with Gasteiger partial charge < -0.3 is 4.74 Å². The standard InChI is InChI=1S/C24H19N5O6S2/c1-2-15-3-7-18(8-4-15)35-14-23(30)27-25-13-16-5-10-21(20(11-16)29(33)34)36-24-26-19-9-6-17(28(31)32)12-22(19)37-24/h3-13H,2,14H2,1H3,(H,27,30). The minimum Gasteiger partial charge on any atom is -0.484 e. The summed E-state index contributed by atoms with van der Waals surface area (Å²) in [5, 5.41) is 26.5. The minimum atomic E-state index is -0.520. The normalized spacial score (nSPS) is 11.1. The van der Waals surface area contributed by atoms with Crippen LogP contribution in [0.15, 0.2) is 75.0 Å². The quantitative estimate of drug-likeness (QED) is 0.161. The second-order valence-electron chi connectivity index (χ2n) is 7.55. The maximum absolute atomic E-state index is 12.0. The van der Waals surface area contributed by atoms with E-state index in [-0.39, 0.29) is 18.0 Å². The van der Waals surface area contributed by atoms with Crippen LogP contribution in [0, 0.1) is 20.2 Å². The lowest BCUT2D eigenvalue weighted by molar-refractivity contribution is -0.387. The van der Waals surface area contributed by atoms with Gasteiger partial charge in [-0.1, -0.05) is 36.9 Å². The van der Waals surface area contributed by atoms with Gasteiger partial charge in [-0.3, -0.25) is 25.0 Å². The van der Waals surface area contributed by atoms with E-state index in [1.807, 2.05) is 19.1 Å². The van der Waals surface area contributed by atoms with Crippen LogP contribution in [0.3, 0.4) is 0 Å². The van der Waals surface area contributed by atoms with Crippen molar-refractivity contribution in [2.45, 2.75) is 22.6 Å². The number of non-ortho nitro benzene ring substituents is 1. The van der Waals surface area contributed by atoms with Gasteiger partial charge in [-0.25, -0.2) is 10.4 Å². The van der Waals surface area contributed by atoms with Crippen LogP contribution in [0.1, 0.15) is 18.1 Å². The van der Waals surface area contributed by atoms with Crippen molar-refractivity contribution in [2.24, 2.45) is 5.10 Å². The SMILES string of the molecule is CCc1ccc(OCC(=O)NN=Cc2ccc(Sc3nc4ccc([N+](=O)[O-])cc4s3)c([N+](=O)[O-])c2)cc1. The number of hydrogen-bond acceptors (Lipinski definition) is 10. The fourth-order valence-electron chi connectivity index (χ4n) is 3.17. The van der Waals surface area contributed by atoms with E-state index >= 15 is 0 Å². The summed E-state index contributed by atoms with van der Waals surface area (Å²) >= 11 is 2.30. The van der Waals surface area contributed by atoms with E-state index in [0.29, 0.717) is 30.8 Å². The monoisotopic (exact) mass is 537 g/mol. The van der Waals surface area contributed by atoms with Crippen molar-refractivity contribution in [1.29, 1.82) is 0 Å². The molecule has 1 N–H and O–H groups in total. The third-order valence-corrected chi connectivity index (χ3v) is 7.19. The number of carbonyl (C=O) groups is 1. The minimum absolute atomic E-state index is 0.0494. The van der Waals surface area contributed by atoms with Crippen LogP contribution < -0.4 is 10.2 Å². The smallest absolute Gasteiger partial charge is 0.283 e. The van der Waals surface area contributed by atoms with Crippen LogP contribution in [0.25, 0.3) is 10.2 Å². The average molecular weight is 538 g/mol. The molecule has 0 atom stereocenters. The number of nitro groups is 2. The molecule has 0 unspecified atom stereocenters. The van der Waals surface area contributed by atoms with Crippen LogP contribution in [0.4, 0.5) is 11.4 Å². The zero-order valence-corrected chi connectivity index (χ0v) is 21.0.